The topological polar surface area (TPSA) is 20.3 Å². The van der Waals surface area contributed by atoms with Crippen molar-refractivity contribution >= 4 is 5.78 Å². The summed E-state index contributed by atoms with van der Waals surface area (Å²) in [5.41, 5.74) is 0. The van der Waals surface area contributed by atoms with Crippen molar-refractivity contribution in [2.45, 2.75) is 33.7 Å². The van der Waals surface area contributed by atoms with E-state index in [2.05, 4.69) is 18.7 Å². The fourth-order valence-electron chi connectivity index (χ4n) is 1.04. The average Bonchev–Trinajstić information content (AvgIpc) is 1.84. The van der Waals surface area contributed by atoms with Gasteiger partial charge in [-0.1, -0.05) is 13.8 Å². The van der Waals surface area contributed by atoms with Crippen LogP contribution in [0.15, 0.2) is 0 Å². The maximum Gasteiger partial charge on any atom is 0.146 e. The summed E-state index contributed by atoms with van der Waals surface area (Å²) in [6, 6.07) is 0.0670. The second-order valence-corrected chi connectivity index (χ2v) is 3.62. The average molecular weight is 157 g/mol. The number of Topliss-reactive ketones (excluding diaryl/α,β-unsaturated/α-hetero) is 1. The van der Waals surface area contributed by atoms with Gasteiger partial charge in [0.2, 0.25) is 0 Å². The van der Waals surface area contributed by atoms with Crippen molar-refractivity contribution in [2.24, 2.45) is 5.92 Å². The van der Waals surface area contributed by atoms with E-state index in [1.165, 1.54) is 0 Å². The molecule has 0 aromatic carbocycles. The molecule has 66 valence electrons. The molecule has 0 saturated heterocycles. The maximum atomic E-state index is 10.9. The largest absolute Gasteiger partial charge is 0.298 e. The lowest BCUT2D eigenvalue weighted by molar-refractivity contribution is -0.121. The Morgan fingerprint density at radius 2 is 1.82 bits per heavy atom. The van der Waals surface area contributed by atoms with Crippen LogP contribution in [0.3, 0.4) is 0 Å². The molecule has 0 aliphatic carbocycles. The molecule has 0 unspecified atom stereocenters. The zero-order valence-electron chi connectivity index (χ0n) is 8.22. The fraction of sp³-hybridized carbons (Fsp3) is 0.889. The van der Waals surface area contributed by atoms with E-state index in [0.29, 0.717) is 5.92 Å². The van der Waals surface area contributed by atoms with Gasteiger partial charge in [0.25, 0.3) is 0 Å². The summed E-state index contributed by atoms with van der Waals surface area (Å²) in [4.78, 5) is 13.0. The smallest absolute Gasteiger partial charge is 0.146 e. The molecular weight excluding hydrogens is 138 g/mol. The first-order chi connectivity index (χ1) is 4.95. The number of likely N-dealkylation sites (N-methyl/N-ethyl adjacent to an activating group) is 1. The Balaban J connectivity index is 3.82. The minimum atomic E-state index is 0.0670. The highest BCUT2D eigenvalue weighted by atomic mass is 16.1. The van der Waals surface area contributed by atoms with Gasteiger partial charge >= 0.3 is 0 Å². The quantitative estimate of drug-likeness (QED) is 0.617. The molecular formula is C9H19NO. The molecule has 0 aliphatic heterocycles. The predicted molar refractivity (Wildman–Crippen MR) is 47.6 cm³/mol. The number of hydrogen-bond donors (Lipinski definition) is 0. The van der Waals surface area contributed by atoms with Crippen molar-refractivity contribution < 1.29 is 4.79 Å². The number of carbonyl (C=O) groups is 1. The highest BCUT2D eigenvalue weighted by Gasteiger charge is 2.13. The third-order valence-electron chi connectivity index (χ3n) is 1.90. The summed E-state index contributed by atoms with van der Waals surface area (Å²) in [6.45, 7) is 8.89. The Labute approximate surface area is 69.6 Å². The molecule has 2 heteroatoms. The van der Waals surface area contributed by atoms with Crippen LogP contribution in [-0.4, -0.2) is 30.3 Å². The molecule has 0 heterocycles. The van der Waals surface area contributed by atoms with Crippen LogP contribution in [0.25, 0.3) is 0 Å². The van der Waals surface area contributed by atoms with Gasteiger partial charge < -0.3 is 0 Å². The van der Waals surface area contributed by atoms with Crippen molar-refractivity contribution in [3.05, 3.63) is 0 Å². The van der Waals surface area contributed by atoms with Gasteiger partial charge in [0.1, 0.15) is 5.78 Å². The highest BCUT2D eigenvalue weighted by molar-refractivity contribution is 5.80. The van der Waals surface area contributed by atoms with Crippen LogP contribution < -0.4 is 0 Å². The fourth-order valence-corrected chi connectivity index (χ4v) is 1.04. The molecule has 11 heavy (non-hydrogen) atoms. The van der Waals surface area contributed by atoms with Gasteiger partial charge in [0, 0.05) is 6.54 Å². The van der Waals surface area contributed by atoms with E-state index in [1.54, 1.807) is 6.92 Å². The zero-order chi connectivity index (χ0) is 9.02. The third kappa shape index (κ3) is 4.14. The Bertz CT molecular complexity index is 132. The third-order valence-corrected chi connectivity index (χ3v) is 1.90. The Morgan fingerprint density at radius 1 is 1.36 bits per heavy atom. The normalized spacial score (nSPS) is 14.1. The van der Waals surface area contributed by atoms with Crippen LogP contribution in [0.4, 0.5) is 0 Å². The van der Waals surface area contributed by atoms with E-state index < -0.39 is 0 Å². The van der Waals surface area contributed by atoms with Crippen LogP contribution in [0.5, 0.6) is 0 Å². The first-order valence-electron chi connectivity index (χ1n) is 4.15. The van der Waals surface area contributed by atoms with E-state index in [1.807, 2.05) is 14.0 Å². The van der Waals surface area contributed by atoms with E-state index in [0.717, 1.165) is 6.54 Å². The van der Waals surface area contributed by atoms with Crippen LogP contribution in [0.2, 0.25) is 0 Å². The summed E-state index contributed by atoms with van der Waals surface area (Å²) in [6.07, 6.45) is 0. The van der Waals surface area contributed by atoms with Gasteiger partial charge in [-0.2, -0.15) is 0 Å². The number of nitrogens with zero attached hydrogens (tertiary/aromatic N) is 1. The number of ketones is 1. The van der Waals surface area contributed by atoms with Crippen LogP contribution in [0, 0.1) is 5.92 Å². The van der Waals surface area contributed by atoms with E-state index >= 15 is 0 Å². The maximum absolute atomic E-state index is 10.9. The molecule has 0 aliphatic rings. The molecule has 0 amide bonds. The van der Waals surface area contributed by atoms with E-state index in [4.69, 9.17) is 0 Å². The van der Waals surface area contributed by atoms with Crippen molar-refractivity contribution in [3.8, 4) is 0 Å². The summed E-state index contributed by atoms with van der Waals surface area (Å²) in [7, 11) is 1.99. The summed E-state index contributed by atoms with van der Waals surface area (Å²) >= 11 is 0. The number of rotatable bonds is 4. The molecule has 1 atom stereocenters. The predicted octanol–water partition coefficient (Wildman–Crippen LogP) is 1.55. The van der Waals surface area contributed by atoms with Crippen molar-refractivity contribution in [3.63, 3.8) is 0 Å². The first-order valence-corrected chi connectivity index (χ1v) is 4.15. The molecule has 0 fully saturated rings. The van der Waals surface area contributed by atoms with Gasteiger partial charge in [-0.25, -0.2) is 0 Å². The van der Waals surface area contributed by atoms with Gasteiger partial charge in [-0.05, 0) is 26.8 Å². The summed E-state index contributed by atoms with van der Waals surface area (Å²) in [5, 5.41) is 0. The van der Waals surface area contributed by atoms with Crippen LogP contribution >= 0.6 is 0 Å². The minimum Gasteiger partial charge on any atom is -0.298 e. The SMILES string of the molecule is CC(=O)[C@H](C)N(C)CC(C)C. The van der Waals surface area contributed by atoms with Crippen molar-refractivity contribution in [1.82, 2.24) is 4.90 Å². The standard InChI is InChI=1S/C9H19NO/c1-7(2)6-10(5)8(3)9(4)11/h7-8H,6H2,1-5H3/t8-/m0/s1. The Morgan fingerprint density at radius 3 is 2.09 bits per heavy atom. The molecule has 0 aromatic rings. The lowest BCUT2D eigenvalue weighted by Gasteiger charge is -2.23. The molecule has 0 aromatic heterocycles. The Kier molecular flexibility index (Phi) is 4.34. The lowest BCUT2D eigenvalue weighted by atomic mass is 10.1. The van der Waals surface area contributed by atoms with E-state index in [-0.39, 0.29) is 11.8 Å². The van der Waals surface area contributed by atoms with Crippen molar-refractivity contribution in [2.75, 3.05) is 13.6 Å². The molecule has 0 spiro atoms. The van der Waals surface area contributed by atoms with Crippen LogP contribution in [-0.2, 0) is 4.79 Å². The zero-order valence-corrected chi connectivity index (χ0v) is 8.22. The van der Waals surface area contributed by atoms with Gasteiger partial charge in [0.05, 0.1) is 6.04 Å². The minimum absolute atomic E-state index is 0.0670. The first kappa shape index (κ1) is 10.6. The molecule has 2 nitrogen and oxygen atoms in total. The monoisotopic (exact) mass is 157 g/mol. The molecule has 0 radical (unpaired) electrons. The molecule has 0 bridgehead atoms. The summed E-state index contributed by atoms with van der Waals surface area (Å²) in [5.74, 6) is 0.870. The highest BCUT2D eigenvalue weighted by Crippen LogP contribution is 2.01. The number of hydrogen-bond acceptors (Lipinski definition) is 2. The molecule has 0 N–H and O–H groups in total. The van der Waals surface area contributed by atoms with Gasteiger partial charge in [-0.15, -0.1) is 0 Å². The lowest BCUT2D eigenvalue weighted by Crippen LogP contribution is -2.36. The second kappa shape index (κ2) is 4.50. The van der Waals surface area contributed by atoms with Crippen LogP contribution in [0.1, 0.15) is 27.7 Å². The molecule has 0 saturated carbocycles. The van der Waals surface area contributed by atoms with E-state index in [9.17, 15) is 4.79 Å². The second-order valence-electron chi connectivity index (χ2n) is 3.62. The van der Waals surface area contributed by atoms with Gasteiger partial charge in [0.15, 0.2) is 0 Å². The number of carbonyl (C=O) groups excluding carboxylic acids is 1. The van der Waals surface area contributed by atoms with Gasteiger partial charge in [-0.3, -0.25) is 9.69 Å². The Hall–Kier alpha value is -0.370. The van der Waals surface area contributed by atoms with Crippen molar-refractivity contribution in [1.29, 1.82) is 0 Å². The molecule has 0 rings (SSSR count). The summed E-state index contributed by atoms with van der Waals surface area (Å²) < 4.78 is 0.